The summed E-state index contributed by atoms with van der Waals surface area (Å²) in [4.78, 5) is 0. The molecule has 0 saturated carbocycles. The molecular formula is C21H29F3N2OS. The summed E-state index contributed by atoms with van der Waals surface area (Å²) in [7, 11) is 0. The molecule has 1 aromatic carbocycles. The lowest BCUT2D eigenvalue weighted by Gasteiger charge is -2.24. The Balaban J connectivity index is 3.07. The standard InChI is InChI=1S/C21H29F3N2OS/c1-4-6-9-19(26-12-7-13-28-3)20(8-5-2)27-17-11-10-16(15-25)18(14-17)21(22,23)24/h9-11,14,20,26H,4-8,12-13H2,1-3H3/b19-9+. The summed E-state index contributed by atoms with van der Waals surface area (Å²) in [6.07, 6.45) is 3.56. The number of nitrogens with zero attached hydrogens (tertiary/aromatic N) is 1. The van der Waals surface area contributed by atoms with Crippen LogP contribution in [0.5, 0.6) is 5.75 Å². The minimum absolute atomic E-state index is 0.123. The Labute approximate surface area is 170 Å². The summed E-state index contributed by atoms with van der Waals surface area (Å²) in [6.45, 7) is 4.89. The molecule has 7 heteroatoms. The molecule has 156 valence electrons. The average molecular weight is 415 g/mol. The number of rotatable bonds is 12. The number of nitrogens with one attached hydrogen (secondary N) is 1. The SMILES string of the molecule is CCC/C=C(/NCCCSC)C(CCC)Oc1ccc(C#N)c(C(F)(F)F)c1. The first-order valence-corrected chi connectivity index (χ1v) is 11.0. The molecule has 0 aromatic heterocycles. The van der Waals surface area contributed by atoms with Crippen LogP contribution in [0.25, 0.3) is 0 Å². The van der Waals surface area contributed by atoms with Gasteiger partial charge in [0.05, 0.1) is 17.2 Å². The second kappa shape index (κ2) is 12.6. The Morgan fingerprint density at radius 2 is 2.07 bits per heavy atom. The summed E-state index contributed by atoms with van der Waals surface area (Å²) in [5.41, 5.74) is -0.443. The second-order valence-corrected chi connectivity index (χ2v) is 7.42. The van der Waals surface area contributed by atoms with Crippen molar-refractivity contribution in [2.75, 3.05) is 18.6 Å². The fourth-order valence-electron chi connectivity index (χ4n) is 2.70. The molecule has 0 fully saturated rings. The van der Waals surface area contributed by atoms with Crippen LogP contribution in [0.1, 0.15) is 57.1 Å². The van der Waals surface area contributed by atoms with Gasteiger partial charge >= 0.3 is 6.18 Å². The van der Waals surface area contributed by atoms with Gasteiger partial charge in [0.2, 0.25) is 0 Å². The molecule has 3 nitrogen and oxygen atoms in total. The third-order valence-corrected chi connectivity index (χ3v) is 4.80. The van der Waals surface area contributed by atoms with Crippen LogP contribution in [-0.4, -0.2) is 24.7 Å². The van der Waals surface area contributed by atoms with Crippen molar-refractivity contribution in [3.8, 4) is 11.8 Å². The summed E-state index contributed by atoms with van der Waals surface area (Å²) in [5, 5.41) is 12.4. The van der Waals surface area contributed by atoms with E-state index >= 15 is 0 Å². The fraction of sp³-hybridized carbons (Fsp3) is 0.571. The van der Waals surface area contributed by atoms with Crippen LogP contribution >= 0.6 is 11.8 Å². The summed E-state index contributed by atoms with van der Waals surface area (Å²) >= 11 is 1.78. The molecule has 0 aliphatic rings. The highest BCUT2D eigenvalue weighted by molar-refractivity contribution is 7.98. The van der Waals surface area contributed by atoms with E-state index in [9.17, 15) is 13.2 Å². The second-order valence-electron chi connectivity index (χ2n) is 6.43. The maximum atomic E-state index is 13.2. The molecule has 1 rings (SSSR count). The van der Waals surface area contributed by atoms with Crippen molar-refractivity contribution in [1.29, 1.82) is 5.26 Å². The first kappa shape index (κ1) is 24.2. The zero-order valence-corrected chi connectivity index (χ0v) is 17.6. The van der Waals surface area contributed by atoms with Gasteiger partial charge in [-0.1, -0.05) is 32.8 Å². The lowest BCUT2D eigenvalue weighted by atomic mass is 10.1. The molecule has 0 heterocycles. The van der Waals surface area contributed by atoms with Gasteiger partial charge in [-0.05, 0) is 49.5 Å². The Morgan fingerprint density at radius 3 is 2.64 bits per heavy atom. The Kier molecular flexibility index (Phi) is 10.9. The largest absolute Gasteiger partial charge is 0.484 e. The van der Waals surface area contributed by atoms with Crippen molar-refractivity contribution in [3.63, 3.8) is 0 Å². The number of alkyl halides is 3. The number of ether oxygens (including phenoxy) is 1. The molecule has 1 aromatic rings. The smallest absolute Gasteiger partial charge is 0.417 e. The summed E-state index contributed by atoms with van der Waals surface area (Å²) < 4.78 is 45.7. The highest BCUT2D eigenvalue weighted by Gasteiger charge is 2.34. The first-order chi connectivity index (χ1) is 13.4. The van der Waals surface area contributed by atoms with E-state index in [1.807, 2.05) is 6.92 Å². The van der Waals surface area contributed by atoms with E-state index < -0.39 is 17.3 Å². The van der Waals surface area contributed by atoms with Crippen LogP contribution in [0.2, 0.25) is 0 Å². The van der Waals surface area contributed by atoms with Gasteiger partial charge in [0.1, 0.15) is 11.9 Å². The number of allylic oxidation sites excluding steroid dienone is 1. The van der Waals surface area contributed by atoms with E-state index in [0.29, 0.717) is 6.42 Å². The van der Waals surface area contributed by atoms with E-state index in [0.717, 1.165) is 49.7 Å². The summed E-state index contributed by atoms with van der Waals surface area (Å²) in [6, 6.07) is 5.12. The van der Waals surface area contributed by atoms with Gasteiger partial charge in [0.15, 0.2) is 0 Å². The van der Waals surface area contributed by atoms with E-state index in [4.69, 9.17) is 10.00 Å². The van der Waals surface area contributed by atoms with Crippen LogP contribution in [0, 0.1) is 11.3 Å². The molecule has 0 aliphatic heterocycles. The molecule has 0 spiro atoms. The average Bonchev–Trinajstić information content (AvgIpc) is 2.66. The van der Waals surface area contributed by atoms with Crippen molar-refractivity contribution in [2.45, 2.75) is 58.2 Å². The van der Waals surface area contributed by atoms with Gasteiger partial charge < -0.3 is 10.1 Å². The predicted octanol–water partition coefficient (Wildman–Crippen LogP) is 6.15. The van der Waals surface area contributed by atoms with Gasteiger partial charge in [-0.3, -0.25) is 0 Å². The first-order valence-electron chi connectivity index (χ1n) is 9.58. The van der Waals surface area contributed by atoms with Crippen molar-refractivity contribution in [3.05, 3.63) is 41.1 Å². The van der Waals surface area contributed by atoms with E-state index in [2.05, 4.69) is 24.6 Å². The van der Waals surface area contributed by atoms with Gasteiger partial charge in [0.25, 0.3) is 0 Å². The van der Waals surface area contributed by atoms with Crippen LogP contribution in [0.15, 0.2) is 30.0 Å². The van der Waals surface area contributed by atoms with Crippen molar-refractivity contribution in [2.24, 2.45) is 0 Å². The highest BCUT2D eigenvalue weighted by atomic mass is 32.2. The number of nitriles is 1. The maximum Gasteiger partial charge on any atom is 0.417 e. The molecule has 1 N–H and O–H groups in total. The molecule has 1 unspecified atom stereocenters. The van der Waals surface area contributed by atoms with Gasteiger partial charge in [0, 0.05) is 12.2 Å². The number of halogens is 3. The molecule has 0 bridgehead atoms. The quantitative estimate of drug-likeness (QED) is 0.417. The topological polar surface area (TPSA) is 45.0 Å². The number of unbranched alkanes of at least 4 members (excludes halogenated alkanes) is 1. The van der Waals surface area contributed by atoms with E-state index in [1.54, 1.807) is 17.8 Å². The third-order valence-electron chi connectivity index (χ3n) is 4.10. The van der Waals surface area contributed by atoms with E-state index in [1.165, 1.54) is 12.1 Å². The fourth-order valence-corrected chi connectivity index (χ4v) is 3.13. The number of hydrogen-bond acceptors (Lipinski definition) is 4. The Bertz CT molecular complexity index is 669. The zero-order valence-electron chi connectivity index (χ0n) is 16.7. The molecule has 28 heavy (non-hydrogen) atoms. The predicted molar refractivity (Wildman–Crippen MR) is 109 cm³/mol. The summed E-state index contributed by atoms with van der Waals surface area (Å²) in [5.74, 6) is 1.16. The number of benzene rings is 1. The van der Waals surface area contributed by atoms with Crippen LogP contribution in [0.4, 0.5) is 13.2 Å². The monoisotopic (exact) mass is 414 g/mol. The van der Waals surface area contributed by atoms with Gasteiger partial charge in [-0.15, -0.1) is 0 Å². The highest BCUT2D eigenvalue weighted by Crippen LogP contribution is 2.34. The number of hydrogen-bond donors (Lipinski definition) is 1. The minimum Gasteiger partial charge on any atom is -0.484 e. The Hall–Kier alpha value is -1.81. The van der Waals surface area contributed by atoms with Gasteiger partial charge in [-0.25, -0.2) is 0 Å². The lowest BCUT2D eigenvalue weighted by molar-refractivity contribution is -0.137. The minimum atomic E-state index is -4.60. The normalized spacial score (nSPS) is 13.1. The third kappa shape index (κ3) is 8.05. The molecule has 0 radical (unpaired) electrons. The molecule has 0 aliphatic carbocycles. The molecular weight excluding hydrogens is 385 g/mol. The Morgan fingerprint density at radius 1 is 1.32 bits per heavy atom. The maximum absolute atomic E-state index is 13.2. The number of thioether (sulfide) groups is 1. The van der Waals surface area contributed by atoms with Crippen molar-refractivity contribution in [1.82, 2.24) is 5.32 Å². The van der Waals surface area contributed by atoms with Crippen molar-refractivity contribution >= 4 is 11.8 Å². The van der Waals surface area contributed by atoms with Gasteiger partial charge in [-0.2, -0.15) is 30.2 Å². The van der Waals surface area contributed by atoms with Crippen LogP contribution in [0.3, 0.4) is 0 Å². The van der Waals surface area contributed by atoms with E-state index in [-0.39, 0.29) is 11.9 Å². The lowest BCUT2D eigenvalue weighted by Crippen LogP contribution is -2.30. The van der Waals surface area contributed by atoms with Crippen LogP contribution < -0.4 is 10.1 Å². The molecule has 0 saturated heterocycles. The molecule has 1 atom stereocenters. The molecule has 0 amide bonds. The van der Waals surface area contributed by atoms with Crippen LogP contribution in [-0.2, 0) is 6.18 Å². The zero-order chi connectivity index (χ0) is 21.0. The van der Waals surface area contributed by atoms with Crippen molar-refractivity contribution < 1.29 is 17.9 Å².